The molecule has 0 saturated carbocycles. The Labute approximate surface area is 149 Å². The van der Waals surface area contributed by atoms with Crippen LogP contribution in [-0.4, -0.2) is 39.6 Å². The fraction of sp³-hybridized carbons (Fsp3) is 0.722. The number of hydrogen-bond donors (Lipinski definition) is 1. The topological polar surface area (TPSA) is 65.9 Å². The Balaban J connectivity index is 3.06. The van der Waals surface area contributed by atoms with Gasteiger partial charge in [-0.25, -0.2) is 0 Å². The van der Waals surface area contributed by atoms with Crippen LogP contribution in [0.1, 0.15) is 48.5 Å². The predicted octanol–water partition coefficient (Wildman–Crippen LogP) is 3.36. The van der Waals surface area contributed by atoms with E-state index in [2.05, 4.69) is 16.3 Å². The first-order valence-electron chi connectivity index (χ1n) is 8.33. The van der Waals surface area contributed by atoms with Crippen LogP contribution in [0.25, 0.3) is 0 Å². The lowest BCUT2D eigenvalue weighted by Gasteiger charge is -2.33. The van der Waals surface area contributed by atoms with Crippen molar-refractivity contribution in [2.75, 3.05) is 6.61 Å². The fourth-order valence-electron chi connectivity index (χ4n) is 2.39. The molecular weight excluding hydrogens is 324 g/mol. The van der Waals surface area contributed by atoms with Crippen LogP contribution in [-0.2, 0) is 20.8 Å². The van der Waals surface area contributed by atoms with E-state index in [0.717, 1.165) is 5.71 Å². The maximum atomic E-state index is 12.6. The Morgan fingerprint density at radius 3 is 2.50 bits per heavy atom. The second-order valence-corrected chi connectivity index (χ2v) is 9.42. The number of aliphatic imine (C=N–C) groups is 1. The molecule has 24 heavy (non-hydrogen) atoms. The summed E-state index contributed by atoms with van der Waals surface area (Å²) in [6.45, 7) is 17.9. The van der Waals surface area contributed by atoms with E-state index in [-0.39, 0.29) is 22.8 Å². The minimum atomic E-state index is -1.23. The highest BCUT2D eigenvalue weighted by molar-refractivity contribution is 7.90. The molecule has 1 unspecified atom stereocenters. The third kappa shape index (κ3) is 6.01. The molecule has 138 valence electrons. The molecule has 0 aromatic heterocycles. The molecule has 5 nitrogen and oxygen atoms in total. The Morgan fingerprint density at radius 1 is 1.46 bits per heavy atom. The normalized spacial score (nSPS) is 25.7. The van der Waals surface area contributed by atoms with Crippen molar-refractivity contribution in [3.05, 3.63) is 24.9 Å². The molecule has 0 bridgehead atoms. The van der Waals surface area contributed by atoms with Crippen molar-refractivity contribution in [3.63, 3.8) is 0 Å². The number of hydrogen-bond acceptors (Lipinski definition) is 5. The molecule has 1 rings (SSSR count). The summed E-state index contributed by atoms with van der Waals surface area (Å²) < 4.78 is 27.2. The van der Waals surface area contributed by atoms with Crippen molar-refractivity contribution in [3.8, 4) is 0 Å². The van der Waals surface area contributed by atoms with Gasteiger partial charge >= 0.3 is 0 Å². The van der Waals surface area contributed by atoms with Crippen LogP contribution in [0.15, 0.2) is 29.9 Å². The molecular formula is C18H32N2O3S. The number of ether oxygens (including phenoxy) is 2. The van der Waals surface area contributed by atoms with Crippen molar-refractivity contribution < 1.29 is 14.0 Å². The predicted molar refractivity (Wildman–Crippen MR) is 101 cm³/mol. The number of nitrogens with zero attached hydrogens (tertiary/aromatic N) is 1. The van der Waals surface area contributed by atoms with Crippen LogP contribution >= 0.6 is 0 Å². The Kier molecular flexibility index (Phi) is 7.69. The van der Waals surface area contributed by atoms with Gasteiger partial charge in [0.15, 0.2) is 5.79 Å². The van der Waals surface area contributed by atoms with Gasteiger partial charge in [-0.15, -0.1) is 4.72 Å². The minimum absolute atomic E-state index is 0.0347. The van der Waals surface area contributed by atoms with Crippen molar-refractivity contribution in [1.29, 1.82) is 0 Å². The van der Waals surface area contributed by atoms with E-state index < -0.39 is 17.1 Å². The molecule has 1 heterocycles. The lowest BCUT2D eigenvalue weighted by atomic mass is 9.93. The van der Waals surface area contributed by atoms with E-state index >= 15 is 0 Å². The Morgan fingerprint density at radius 2 is 2.08 bits per heavy atom. The summed E-state index contributed by atoms with van der Waals surface area (Å²) >= 11 is -1.23. The standard InChI is InChI=1S/C18H32N2O3S/c1-9-11-19-14(10-2)13(3)16(20-24(21)17(4,5)6)15-12-22-18(7,8)23-15/h9-11,13,15-16,20H,2,12H2,1,3-8H3/b11-9-,19-14+/t13?,15-,16-,24-/m1/s1. The van der Waals surface area contributed by atoms with E-state index in [1.54, 1.807) is 12.3 Å². The third-order valence-corrected chi connectivity index (χ3v) is 5.42. The number of rotatable bonds is 7. The van der Waals surface area contributed by atoms with Gasteiger partial charge in [-0.2, -0.15) is 0 Å². The van der Waals surface area contributed by atoms with Gasteiger partial charge in [0, 0.05) is 29.2 Å². The summed E-state index contributed by atoms with van der Waals surface area (Å²) in [6, 6.07) is -0.200. The van der Waals surface area contributed by atoms with E-state index in [0.29, 0.717) is 6.61 Å². The van der Waals surface area contributed by atoms with Crippen LogP contribution in [0.2, 0.25) is 0 Å². The largest absolute Gasteiger partial charge is 0.598 e. The molecule has 1 aliphatic heterocycles. The lowest BCUT2D eigenvalue weighted by Crippen LogP contribution is -2.54. The van der Waals surface area contributed by atoms with Gasteiger partial charge in [0.2, 0.25) is 0 Å². The van der Waals surface area contributed by atoms with Gasteiger partial charge in [0.1, 0.15) is 10.9 Å². The Hall–Kier alpha value is -0.660. The first-order valence-corrected chi connectivity index (χ1v) is 9.48. The summed E-state index contributed by atoms with van der Waals surface area (Å²) in [5.74, 6) is -0.671. The van der Waals surface area contributed by atoms with E-state index in [1.165, 1.54) is 0 Å². The molecule has 0 aromatic rings. The summed E-state index contributed by atoms with van der Waals surface area (Å²) in [4.78, 5) is 4.44. The van der Waals surface area contributed by atoms with Gasteiger partial charge < -0.3 is 14.0 Å². The maximum absolute atomic E-state index is 12.6. The van der Waals surface area contributed by atoms with Crippen molar-refractivity contribution in [1.82, 2.24) is 4.72 Å². The summed E-state index contributed by atoms with van der Waals surface area (Å²) in [7, 11) is 0. The first kappa shape index (κ1) is 21.4. The molecule has 1 aliphatic rings. The van der Waals surface area contributed by atoms with Gasteiger partial charge in [-0.05, 0) is 47.6 Å². The SMILES string of the molecule is C=C/C(=N\C=C/C)C(C)[C@@H](N[S@+]([O-])C(C)(C)C)[C@H]1COC(C)(C)O1. The van der Waals surface area contributed by atoms with Crippen LogP contribution in [0, 0.1) is 5.92 Å². The highest BCUT2D eigenvalue weighted by atomic mass is 32.2. The van der Waals surface area contributed by atoms with Gasteiger partial charge in [-0.3, -0.25) is 4.99 Å². The molecule has 1 fully saturated rings. The fourth-order valence-corrected chi connectivity index (χ4v) is 3.35. The van der Waals surface area contributed by atoms with E-state index in [1.807, 2.05) is 54.5 Å². The van der Waals surface area contributed by atoms with Crippen LogP contribution in [0.5, 0.6) is 0 Å². The van der Waals surface area contributed by atoms with Crippen molar-refractivity contribution >= 4 is 17.1 Å². The number of nitrogens with one attached hydrogen (secondary N) is 1. The average Bonchev–Trinajstić information content (AvgIpc) is 2.83. The highest BCUT2D eigenvalue weighted by Crippen LogP contribution is 2.29. The molecule has 0 aromatic carbocycles. The molecule has 1 saturated heterocycles. The van der Waals surface area contributed by atoms with E-state index in [9.17, 15) is 4.55 Å². The van der Waals surface area contributed by atoms with E-state index in [4.69, 9.17) is 9.47 Å². The zero-order valence-electron chi connectivity index (χ0n) is 16.0. The molecule has 0 spiro atoms. The first-order chi connectivity index (χ1) is 11.0. The summed E-state index contributed by atoms with van der Waals surface area (Å²) in [5.41, 5.74) is 0.824. The smallest absolute Gasteiger partial charge is 0.163 e. The van der Waals surface area contributed by atoms with Crippen molar-refractivity contribution in [2.24, 2.45) is 10.9 Å². The minimum Gasteiger partial charge on any atom is -0.598 e. The lowest BCUT2D eigenvalue weighted by molar-refractivity contribution is -0.141. The second-order valence-electron chi connectivity index (χ2n) is 7.42. The molecule has 0 amide bonds. The van der Waals surface area contributed by atoms with Gasteiger partial charge in [0.05, 0.1) is 12.6 Å². The third-order valence-electron chi connectivity index (χ3n) is 3.82. The second kappa shape index (κ2) is 8.63. The molecule has 0 radical (unpaired) electrons. The number of allylic oxidation sites excluding steroid dienone is 2. The molecule has 4 atom stereocenters. The average molecular weight is 357 g/mol. The quantitative estimate of drug-likeness (QED) is 0.561. The zero-order chi connectivity index (χ0) is 18.5. The van der Waals surface area contributed by atoms with Gasteiger partial charge in [-0.1, -0.05) is 19.6 Å². The monoisotopic (exact) mass is 356 g/mol. The van der Waals surface area contributed by atoms with Crippen LogP contribution in [0.3, 0.4) is 0 Å². The molecule has 1 N–H and O–H groups in total. The zero-order valence-corrected chi connectivity index (χ0v) is 16.8. The molecule has 0 aliphatic carbocycles. The highest BCUT2D eigenvalue weighted by Gasteiger charge is 2.43. The Bertz CT molecular complexity index is 483. The maximum Gasteiger partial charge on any atom is 0.163 e. The van der Waals surface area contributed by atoms with Gasteiger partial charge in [0.25, 0.3) is 0 Å². The van der Waals surface area contributed by atoms with Crippen LogP contribution < -0.4 is 4.72 Å². The summed E-state index contributed by atoms with van der Waals surface area (Å²) in [5, 5.41) is 0. The van der Waals surface area contributed by atoms with Crippen molar-refractivity contribution in [2.45, 2.75) is 71.1 Å². The van der Waals surface area contributed by atoms with Crippen LogP contribution in [0.4, 0.5) is 0 Å². The summed E-state index contributed by atoms with van der Waals surface area (Å²) in [6.07, 6.45) is 5.13. The molecule has 6 heteroatoms.